The molecule has 0 atom stereocenters. The van der Waals surface area contributed by atoms with Crippen LogP contribution >= 0.6 is 11.3 Å². The molecule has 0 bridgehead atoms. The number of carboxylic acids is 1. The maximum atomic E-state index is 12.0. The minimum absolute atomic E-state index is 0.0612. The number of aromatic nitrogens is 1. The Labute approximate surface area is 122 Å². The Hall–Kier alpha value is -1.63. The second kappa shape index (κ2) is 7.84. The zero-order chi connectivity index (χ0) is 15.1. The maximum absolute atomic E-state index is 12.0. The van der Waals surface area contributed by atoms with E-state index >= 15 is 0 Å². The third-order valence-electron chi connectivity index (χ3n) is 2.73. The van der Waals surface area contributed by atoms with Gasteiger partial charge in [-0.15, -0.1) is 11.3 Å². The Morgan fingerprint density at radius 2 is 2.20 bits per heavy atom. The Morgan fingerprint density at radius 3 is 2.70 bits per heavy atom. The first-order valence-corrected chi connectivity index (χ1v) is 7.55. The summed E-state index contributed by atoms with van der Waals surface area (Å²) in [4.78, 5) is 28.4. The summed E-state index contributed by atoms with van der Waals surface area (Å²) in [5.41, 5.74) is 0.0612. The molecule has 1 aromatic heterocycles. The number of amides is 2. The average molecular weight is 299 g/mol. The predicted molar refractivity (Wildman–Crippen MR) is 78.3 cm³/mol. The lowest BCUT2D eigenvalue weighted by molar-refractivity contribution is 0.0691. The van der Waals surface area contributed by atoms with E-state index in [0.717, 1.165) is 13.0 Å². The first-order chi connectivity index (χ1) is 9.45. The lowest BCUT2D eigenvalue weighted by Crippen LogP contribution is -2.44. The monoisotopic (exact) mass is 299 g/mol. The summed E-state index contributed by atoms with van der Waals surface area (Å²) in [5, 5.41) is 13.8. The van der Waals surface area contributed by atoms with Crippen LogP contribution in [0, 0.1) is 0 Å². The third kappa shape index (κ3) is 4.80. The van der Waals surface area contributed by atoms with Crippen molar-refractivity contribution < 1.29 is 14.7 Å². The van der Waals surface area contributed by atoms with Crippen LogP contribution in [0.2, 0.25) is 0 Å². The molecular formula is C13H21N3O3S. The molecule has 1 aromatic rings. The third-order valence-corrected chi connectivity index (χ3v) is 3.64. The zero-order valence-corrected chi connectivity index (χ0v) is 12.9. The van der Waals surface area contributed by atoms with Crippen molar-refractivity contribution in [1.29, 1.82) is 0 Å². The first kappa shape index (κ1) is 16.4. The molecule has 0 aliphatic carbocycles. The highest BCUT2D eigenvalue weighted by Crippen LogP contribution is 2.10. The van der Waals surface area contributed by atoms with Crippen LogP contribution in [-0.4, -0.2) is 46.1 Å². The number of nitrogens with one attached hydrogen (secondary N) is 1. The van der Waals surface area contributed by atoms with Gasteiger partial charge in [0.2, 0.25) is 0 Å². The minimum Gasteiger partial charge on any atom is -0.476 e. The summed E-state index contributed by atoms with van der Waals surface area (Å²) < 4.78 is 0. The molecule has 2 N–H and O–H groups in total. The first-order valence-electron chi connectivity index (χ1n) is 6.67. The van der Waals surface area contributed by atoms with E-state index in [1.807, 2.05) is 20.8 Å². The minimum atomic E-state index is -1.02. The topological polar surface area (TPSA) is 82.5 Å². The Bertz CT molecular complexity index is 459. The number of hydrogen-bond acceptors (Lipinski definition) is 4. The van der Waals surface area contributed by atoms with Crippen LogP contribution in [0.5, 0.6) is 0 Å². The Morgan fingerprint density at radius 1 is 1.50 bits per heavy atom. The SMILES string of the molecule is CCCN(C(=O)NCCc1nc(C(=O)O)cs1)C(C)C. The van der Waals surface area contributed by atoms with Crippen molar-refractivity contribution in [3.05, 3.63) is 16.1 Å². The molecule has 7 heteroatoms. The molecule has 0 spiro atoms. The van der Waals surface area contributed by atoms with Crippen molar-refractivity contribution in [2.24, 2.45) is 0 Å². The lowest BCUT2D eigenvalue weighted by Gasteiger charge is -2.26. The fourth-order valence-corrected chi connectivity index (χ4v) is 2.51. The van der Waals surface area contributed by atoms with Crippen LogP contribution in [0.3, 0.4) is 0 Å². The summed E-state index contributed by atoms with van der Waals surface area (Å²) in [6, 6.07) is 0.0743. The van der Waals surface area contributed by atoms with E-state index in [0.29, 0.717) is 18.0 Å². The molecule has 0 unspecified atom stereocenters. The maximum Gasteiger partial charge on any atom is 0.355 e. The molecule has 0 radical (unpaired) electrons. The van der Waals surface area contributed by atoms with Gasteiger partial charge in [0.1, 0.15) is 0 Å². The Balaban J connectivity index is 2.42. The number of carboxylic acid groups (broad SMARTS) is 1. The van der Waals surface area contributed by atoms with E-state index in [4.69, 9.17) is 5.11 Å². The highest BCUT2D eigenvalue weighted by molar-refractivity contribution is 7.09. The molecule has 2 amide bonds. The summed E-state index contributed by atoms with van der Waals surface area (Å²) in [6.45, 7) is 7.18. The van der Waals surface area contributed by atoms with Crippen molar-refractivity contribution in [3.8, 4) is 0 Å². The molecule has 0 aliphatic rings. The van der Waals surface area contributed by atoms with Crippen molar-refractivity contribution in [2.75, 3.05) is 13.1 Å². The molecule has 112 valence electrons. The van der Waals surface area contributed by atoms with Gasteiger partial charge in [0.25, 0.3) is 0 Å². The summed E-state index contributed by atoms with van der Waals surface area (Å²) in [7, 11) is 0. The largest absolute Gasteiger partial charge is 0.476 e. The van der Waals surface area contributed by atoms with Gasteiger partial charge in [0.05, 0.1) is 5.01 Å². The molecule has 20 heavy (non-hydrogen) atoms. The molecule has 6 nitrogen and oxygen atoms in total. The van der Waals surface area contributed by atoms with Crippen LogP contribution < -0.4 is 5.32 Å². The second-order valence-corrected chi connectivity index (χ2v) is 5.64. The highest BCUT2D eigenvalue weighted by Gasteiger charge is 2.15. The molecule has 1 rings (SSSR count). The zero-order valence-electron chi connectivity index (χ0n) is 12.0. The van der Waals surface area contributed by atoms with Gasteiger partial charge in [-0.1, -0.05) is 6.92 Å². The van der Waals surface area contributed by atoms with Gasteiger partial charge < -0.3 is 15.3 Å². The van der Waals surface area contributed by atoms with E-state index in [-0.39, 0.29) is 17.8 Å². The molecule has 0 aliphatic heterocycles. The number of carbonyl (C=O) groups is 2. The Kier molecular flexibility index (Phi) is 6.44. The van der Waals surface area contributed by atoms with E-state index < -0.39 is 5.97 Å². The van der Waals surface area contributed by atoms with Crippen molar-refractivity contribution in [2.45, 2.75) is 39.7 Å². The van der Waals surface area contributed by atoms with E-state index in [9.17, 15) is 9.59 Å². The molecular weight excluding hydrogens is 278 g/mol. The van der Waals surface area contributed by atoms with E-state index in [2.05, 4.69) is 10.3 Å². The van der Waals surface area contributed by atoms with Crippen LogP contribution in [0.15, 0.2) is 5.38 Å². The normalized spacial score (nSPS) is 10.6. The molecule has 0 aromatic carbocycles. The lowest BCUT2D eigenvalue weighted by atomic mass is 10.3. The standard InChI is InChI=1S/C13H21N3O3S/c1-4-7-16(9(2)3)13(19)14-6-5-11-15-10(8-20-11)12(17)18/h8-9H,4-7H2,1-3H3,(H,14,19)(H,17,18). The summed E-state index contributed by atoms with van der Waals surface area (Å²) >= 11 is 1.30. The van der Waals surface area contributed by atoms with Gasteiger partial charge in [-0.25, -0.2) is 14.6 Å². The molecule has 0 saturated heterocycles. The smallest absolute Gasteiger partial charge is 0.355 e. The quantitative estimate of drug-likeness (QED) is 0.808. The molecule has 1 heterocycles. The van der Waals surface area contributed by atoms with Gasteiger partial charge in [-0.3, -0.25) is 0 Å². The van der Waals surface area contributed by atoms with Gasteiger partial charge in [0, 0.05) is 30.9 Å². The van der Waals surface area contributed by atoms with Crippen molar-refractivity contribution >= 4 is 23.3 Å². The number of carbonyl (C=O) groups excluding carboxylic acids is 1. The number of nitrogens with zero attached hydrogens (tertiary/aromatic N) is 2. The van der Waals surface area contributed by atoms with Crippen LogP contribution in [0.1, 0.15) is 42.7 Å². The number of hydrogen-bond donors (Lipinski definition) is 2. The van der Waals surface area contributed by atoms with Gasteiger partial charge in [-0.2, -0.15) is 0 Å². The second-order valence-electron chi connectivity index (χ2n) is 4.70. The van der Waals surface area contributed by atoms with Crippen LogP contribution in [0.4, 0.5) is 4.79 Å². The van der Waals surface area contributed by atoms with E-state index in [1.165, 1.54) is 16.7 Å². The van der Waals surface area contributed by atoms with Gasteiger partial charge in [0.15, 0.2) is 5.69 Å². The fourth-order valence-electron chi connectivity index (χ4n) is 1.74. The average Bonchev–Trinajstić information content (AvgIpc) is 2.84. The van der Waals surface area contributed by atoms with Crippen LogP contribution in [-0.2, 0) is 6.42 Å². The summed E-state index contributed by atoms with van der Waals surface area (Å²) in [5.74, 6) is -1.02. The summed E-state index contributed by atoms with van der Waals surface area (Å²) in [6.07, 6.45) is 1.46. The predicted octanol–water partition coefficient (Wildman–Crippen LogP) is 2.21. The highest BCUT2D eigenvalue weighted by atomic mass is 32.1. The number of rotatable bonds is 7. The van der Waals surface area contributed by atoms with Crippen LogP contribution in [0.25, 0.3) is 0 Å². The fraction of sp³-hybridized carbons (Fsp3) is 0.615. The van der Waals surface area contributed by atoms with Crippen molar-refractivity contribution in [1.82, 2.24) is 15.2 Å². The number of thiazole rings is 1. The molecule has 0 fully saturated rings. The van der Waals surface area contributed by atoms with Gasteiger partial charge >= 0.3 is 12.0 Å². The van der Waals surface area contributed by atoms with Gasteiger partial charge in [-0.05, 0) is 20.3 Å². The number of aromatic carboxylic acids is 1. The van der Waals surface area contributed by atoms with Crippen molar-refractivity contribution in [3.63, 3.8) is 0 Å². The van der Waals surface area contributed by atoms with E-state index in [1.54, 1.807) is 4.90 Å². The number of urea groups is 1. The molecule has 0 saturated carbocycles.